The van der Waals surface area contributed by atoms with Crippen LogP contribution in [0.2, 0.25) is 0 Å². The molecule has 10 heteroatoms. The molecule has 0 radical (unpaired) electrons. The van der Waals surface area contributed by atoms with Gasteiger partial charge in [-0.25, -0.2) is 0 Å². The van der Waals surface area contributed by atoms with Crippen LogP contribution in [-0.4, -0.2) is 59.1 Å². The predicted octanol–water partition coefficient (Wildman–Crippen LogP) is -1.45. The number of aliphatic carboxylic acids is 1. The van der Waals surface area contributed by atoms with Gasteiger partial charge in [-0.3, -0.25) is 0 Å². The van der Waals surface area contributed by atoms with Crippen LogP contribution in [0.25, 0.3) is 5.76 Å². The van der Waals surface area contributed by atoms with E-state index >= 15 is 0 Å². The Hall–Kier alpha value is -1.90. The third-order valence-corrected chi connectivity index (χ3v) is 8.28. The number of hydrogen-bond donors (Lipinski definition) is 3. The fraction of sp³-hybridized carbons (Fsp3) is 0.571. The van der Waals surface area contributed by atoms with Gasteiger partial charge in [0.2, 0.25) is 6.29 Å². The summed E-state index contributed by atoms with van der Waals surface area (Å²) >= 11 is 0. The van der Waals surface area contributed by atoms with Crippen molar-refractivity contribution in [1.82, 2.24) is 0 Å². The quantitative estimate of drug-likeness (QED) is 0.234. The number of aliphatic hydroxyl groups excluding tert-OH is 3. The summed E-state index contributed by atoms with van der Waals surface area (Å²) in [5.41, 5.74) is 5.30. The maximum Gasteiger partial charge on any atom is 1.00 e. The predicted molar refractivity (Wildman–Crippen MR) is 128 cm³/mol. The monoisotopic (exact) mass is 533 g/mol. The zero-order chi connectivity index (χ0) is 26.3. The molecule has 1 saturated carbocycles. The minimum absolute atomic E-state index is 0. The van der Waals surface area contributed by atoms with Gasteiger partial charge in [0.1, 0.15) is 42.0 Å². The number of carboxylic acid groups (broad SMARTS) is 1. The molecular formula is C28H32NNaO8. The summed E-state index contributed by atoms with van der Waals surface area (Å²) < 4.78 is 16.9. The van der Waals surface area contributed by atoms with Crippen molar-refractivity contribution in [1.29, 1.82) is 5.26 Å². The van der Waals surface area contributed by atoms with E-state index in [1.54, 1.807) is 36.5 Å². The Morgan fingerprint density at radius 1 is 1.11 bits per heavy atom. The Bertz CT molecular complexity index is 1170. The number of methoxy groups -OCH3 is 1. The zero-order valence-electron chi connectivity index (χ0n) is 21.8. The van der Waals surface area contributed by atoms with Gasteiger partial charge in [-0.05, 0) is 74.6 Å². The Kier molecular flexibility index (Phi) is 9.26. The smallest absolute Gasteiger partial charge is 0.547 e. The number of ether oxygens (including phenoxy) is 3. The molecule has 2 bridgehead atoms. The molecule has 2 fully saturated rings. The number of nitrogens with zero attached hydrogens (tertiary/aromatic N) is 1. The van der Waals surface area contributed by atoms with E-state index in [1.165, 1.54) is 31.3 Å². The van der Waals surface area contributed by atoms with Crippen molar-refractivity contribution in [2.24, 2.45) is 11.8 Å². The van der Waals surface area contributed by atoms with Gasteiger partial charge >= 0.3 is 29.6 Å². The molecule has 4 unspecified atom stereocenters. The number of rotatable bonds is 5. The van der Waals surface area contributed by atoms with Gasteiger partial charge in [-0.2, -0.15) is 5.26 Å². The second-order valence-corrected chi connectivity index (χ2v) is 10.4. The van der Waals surface area contributed by atoms with Gasteiger partial charge in [0.05, 0.1) is 18.6 Å². The maximum absolute atomic E-state index is 11.4. The average Bonchev–Trinajstić information content (AvgIpc) is 2.89. The van der Waals surface area contributed by atoms with Crippen molar-refractivity contribution in [2.45, 2.75) is 82.1 Å². The van der Waals surface area contributed by atoms with Crippen molar-refractivity contribution < 1.29 is 69.0 Å². The van der Waals surface area contributed by atoms with Crippen molar-refractivity contribution in [3.05, 3.63) is 46.0 Å². The molecule has 4 aliphatic rings. The first-order valence-electron chi connectivity index (χ1n) is 12.9. The van der Waals surface area contributed by atoms with Gasteiger partial charge < -0.3 is 39.4 Å². The number of aliphatic hydroxyl groups is 3. The Morgan fingerprint density at radius 3 is 2.58 bits per heavy atom. The second-order valence-electron chi connectivity index (χ2n) is 10.4. The van der Waals surface area contributed by atoms with Crippen molar-refractivity contribution >= 4 is 11.7 Å². The third kappa shape index (κ3) is 5.28. The van der Waals surface area contributed by atoms with Crippen LogP contribution in [0.15, 0.2) is 34.9 Å². The maximum atomic E-state index is 11.4. The molecule has 1 saturated heterocycles. The molecule has 5 rings (SSSR count). The number of carboxylic acids is 1. The molecule has 9 nitrogen and oxygen atoms in total. The summed E-state index contributed by atoms with van der Waals surface area (Å²) in [6.07, 6.45) is 0.152. The summed E-state index contributed by atoms with van der Waals surface area (Å²) in [7, 11) is 1.64. The van der Waals surface area contributed by atoms with Crippen LogP contribution in [-0.2, 0) is 14.3 Å². The Balaban J connectivity index is 0.00000336. The van der Waals surface area contributed by atoms with E-state index in [0.29, 0.717) is 17.4 Å². The van der Waals surface area contributed by atoms with Crippen LogP contribution in [0, 0.1) is 23.2 Å². The first kappa shape index (κ1) is 29.1. The minimum atomic E-state index is -1.91. The van der Waals surface area contributed by atoms with Crippen molar-refractivity contribution in [2.75, 3.05) is 7.11 Å². The SMILES string of the molecule is CO/C(=C1\C2CCCC1C1=C(CCCC1)C2)c1ccc(C#N)c(O[C@@H]2OC(C(=O)[O-])[C@@H](O)C(O)[C@@H]2O)c1.[Na+]. The number of fused-ring (bicyclic) bond motifs is 3. The van der Waals surface area contributed by atoms with Gasteiger partial charge in [0.15, 0.2) is 0 Å². The van der Waals surface area contributed by atoms with Crippen molar-refractivity contribution in [3.8, 4) is 11.8 Å². The summed E-state index contributed by atoms with van der Waals surface area (Å²) in [6, 6.07) is 7.01. The molecule has 0 aromatic heterocycles. The Morgan fingerprint density at radius 2 is 1.87 bits per heavy atom. The van der Waals surface area contributed by atoms with E-state index in [-0.39, 0.29) is 40.9 Å². The Labute approximate surface area is 244 Å². The molecule has 198 valence electrons. The van der Waals surface area contributed by atoms with Crippen LogP contribution in [0.3, 0.4) is 0 Å². The van der Waals surface area contributed by atoms with Crippen LogP contribution >= 0.6 is 0 Å². The van der Waals surface area contributed by atoms with Gasteiger partial charge in [0, 0.05) is 11.5 Å². The van der Waals surface area contributed by atoms with Gasteiger partial charge in [-0.15, -0.1) is 0 Å². The number of hydrogen-bond acceptors (Lipinski definition) is 9. The van der Waals surface area contributed by atoms with E-state index in [0.717, 1.165) is 31.4 Å². The minimum Gasteiger partial charge on any atom is -0.547 e. The normalized spacial score (nSPS) is 33.8. The number of carbonyl (C=O) groups is 1. The van der Waals surface area contributed by atoms with Crippen LogP contribution in [0.4, 0.5) is 0 Å². The van der Waals surface area contributed by atoms with E-state index in [4.69, 9.17) is 14.2 Å². The number of benzene rings is 1. The van der Waals surface area contributed by atoms with Gasteiger partial charge in [-0.1, -0.05) is 17.6 Å². The largest absolute Gasteiger partial charge is 1.00 e. The first-order chi connectivity index (χ1) is 17.8. The molecule has 3 aliphatic carbocycles. The molecule has 38 heavy (non-hydrogen) atoms. The molecular weight excluding hydrogens is 501 g/mol. The molecule has 1 aromatic carbocycles. The van der Waals surface area contributed by atoms with Crippen molar-refractivity contribution in [3.63, 3.8) is 0 Å². The van der Waals surface area contributed by atoms with Crippen LogP contribution in [0.1, 0.15) is 62.5 Å². The fourth-order valence-corrected chi connectivity index (χ4v) is 6.54. The zero-order valence-corrected chi connectivity index (χ0v) is 23.8. The standard InChI is InChI=1S/C28H33NO8.Na/c1-35-25(21-15-6-4-8-19(21)18-7-3-2-5-14(18)11-15)16-9-10-17(13-29)20(12-16)36-28-24(32)22(30)23(31)26(37-28)27(33)34;/h9-10,12,15,19,22-24,26,28,30-32H,2-8,11H2,1H3,(H,33,34);/q;+1/p-1/b25-21+;/t15?,19?,22?,23-,24-,26?,28+;/m0./s1. The fourth-order valence-electron chi connectivity index (χ4n) is 6.54. The van der Waals surface area contributed by atoms with E-state index in [2.05, 4.69) is 0 Å². The molecule has 7 atom stereocenters. The van der Waals surface area contributed by atoms with E-state index in [1.807, 2.05) is 6.07 Å². The first-order valence-corrected chi connectivity index (χ1v) is 12.9. The average molecular weight is 534 g/mol. The summed E-state index contributed by atoms with van der Waals surface area (Å²) in [4.78, 5) is 11.4. The number of carbonyl (C=O) groups excluding carboxylic acids is 1. The summed E-state index contributed by atoms with van der Waals surface area (Å²) in [5.74, 6) is -0.225. The summed E-state index contributed by atoms with van der Waals surface area (Å²) in [5, 5.41) is 51.5. The molecule has 1 aliphatic heterocycles. The van der Waals surface area contributed by atoms with Gasteiger partial charge in [0.25, 0.3) is 0 Å². The van der Waals surface area contributed by atoms with Crippen LogP contribution < -0.4 is 39.4 Å². The molecule has 0 spiro atoms. The molecule has 1 aromatic rings. The molecule has 3 N–H and O–H groups in total. The molecule has 1 heterocycles. The third-order valence-electron chi connectivity index (χ3n) is 8.28. The second kappa shape index (κ2) is 12.1. The van der Waals surface area contributed by atoms with E-state index in [9.17, 15) is 30.5 Å². The topological polar surface area (TPSA) is 152 Å². The molecule has 0 amide bonds. The number of nitriles is 1. The number of allylic oxidation sites excluding steroid dienone is 3. The van der Waals surface area contributed by atoms with E-state index < -0.39 is 36.7 Å². The summed E-state index contributed by atoms with van der Waals surface area (Å²) in [6.45, 7) is 0. The van der Waals surface area contributed by atoms with Crippen LogP contribution in [0.5, 0.6) is 5.75 Å².